The second kappa shape index (κ2) is 6.55. The topological polar surface area (TPSA) is 67.3 Å². The Balaban J connectivity index is 2.58. The molecular weight excluding hydrogens is 226 g/mol. The number of ether oxygens (including phenoxy) is 1. The zero-order chi connectivity index (χ0) is 12.0. The van der Waals surface area contributed by atoms with Gasteiger partial charge in [0, 0.05) is 11.3 Å². The smallest absolute Gasteiger partial charge is 0.223 e. The van der Waals surface area contributed by atoms with E-state index in [0.29, 0.717) is 11.7 Å². The molecule has 0 saturated carbocycles. The first-order chi connectivity index (χ1) is 7.71. The molecule has 0 aromatic carbocycles. The van der Waals surface area contributed by atoms with Crippen molar-refractivity contribution in [1.29, 1.82) is 0 Å². The van der Waals surface area contributed by atoms with Gasteiger partial charge >= 0.3 is 0 Å². The molecule has 1 aromatic rings. The molecule has 5 nitrogen and oxygen atoms in total. The number of thioether (sulfide) groups is 1. The highest BCUT2D eigenvalue weighted by Crippen LogP contribution is 2.14. The molecule has 6 heteroatoms. The van der Waals surface area contributed by atoms with Crippen molar-refractivity contribution in [2.45, 2.75) is 18.2 Å². The van der Waals surface area contributed by atoms with Crippen molar-refractivity contribution in [2.75, 3.05) is 25.3 Å². The predicted molar refractivity (Wildman–Crippen MR) is 66.1 cm³/mol. The maximum Gasteiger partial charge on any atom is 0.223 e. The van der Waals surface area contributed by atoms with Gasteiger partial charge in [0.15, 0.2) is 5.75 Å². The lowest BCUT2D eigenvalue weighted by molar-refractivity contribution is 0.288. The summed E-state index contributed by atoms with van der Waals surface area (Å²) in [7, 11) is 1.57. The third kappa shape index (κ3) is 3.53. The summed E-state index contributed by atoms with van der Waals surface area (Å²) in [5, 5.41) is 12.4. The van der Waals surface area contributed by atoms with E-state index in [0.717, 1.165) is 0 Å². The van der Waals surface area contributed by atoms with Crippen LogP contribution in [0.15, 0.2) is 12.4 Å². The number of hydrogen-bond donors (Lipinski definition) is 2. The summed E-state index contributed by atoms with van der Waals surface area (Å²) in [6, 6.07) is 0.105. The van der Waals surface area contributed by atoms with Crippen molar-refractivity contribution in [1.82, 2.24) is 9.97 Å². The van der Waals surface area contributed by atoms with Crippen LogP contribution in [-0.4, -0.2) is 46.3 Å². The van der Waals surface area contributed by atoms with Gasteiger partial charge in [0.2, 0.25) is 5.95 Å². The molecule has 0 amide bonds. The molecule has 2 unspecified atom stereocenters. The maximum atomic E-state index is 9.13. The summed E-state index contributed by atoms with van der Waals surface area (Å²) in [5.41, 5.74) is 0. The Hall–Kier alpha value is -1.01. The van der Waals surface area contributed by atoms with Crippen LogP contribution < -0.4 is 10.1 Å². The van der Waals surface area contributed by atoms with E-state index in [1.54, 1.807) is 31.3 Å². The van der Waals surface area contributed by atoms with E-state index < -0.39 is 0 Å². The van der Waals surface area contributed by atoms with Crippen LogP contribution in [0.1, 0.15) is 6.92 Å². The summed E-state index contributed by atoms with van der Waals surface area (Å²) in [6.07, 6.45) is 5.18. The van der Waals surface area contributed by atoms with E-state index in [9.17, 15) is 0 Å². The number of methoxy groups -OCH3 is 1. The Morgan fingerprint density at radius 2 is 2.12 bits per heavy atom. The number of nitrogens with one attached hydrogen (secondary N) is 1. The zero-order valence-corrected chi connectivity index (χ0v) is 10.5. The molecule has 2 N–H and O–H groups in total. The Morgan fingerprint density at radius 3 is 2.56 bits per heavy atom. The van der Waals surface area contributed by atoms with Crippen molar-refractivity contribution >= 4 is 17.7 Å². The third-order valence-corrected chi connectivity index (χ3v) is 3.42. The molecule has 0 aliphatic heterocycles. The summed E-state index contributed by atoms with van der Waals surface area (Å²) >= 11 is 1.61. The first-order valence-corrected chi connectivity index (χ1v) is 6.26. The van der Waals surface area contributed by atoms with Crippen LogP contribution in [0, 0.1) is 0 Å². The lowest BCUT2D eigenvalue weighted by Crippen LogP contribution is -2.31. The monoisotopic (exact) mass is 243 g/mol. The number of rotatable bonds is 6. The molecular formula is C10H17N3O2S. The Kier molecular flexibility index (Phi) is 5.34. The Morgan fingerprint density at radius 1 is 1.50 bits per heavy atom. The van der Waals surface area contributed by atoms with Crippen molar-refractivity contribution in [2.24, 2.45) is 0 Å². The van der Waals surface area contributed by atoms with Crippen LogP contribution in [-0.2, 0) is 0 Å². The SMILES string of the molecule is COc1cnc(NC(C)C(CO)SC)nc1. The lowest BCUT2D eigenvalue weighted by atomic mass is 10.2. The van der Waals surface area contributed by atoms with Crippen LogP contribution in [0.4, 0.5) is 5.95 Å². The van der Waals surface area contributed by atoms with Crippen LogP contribution in [0.2, 0.25) is 0 Å². The lowest BCUT2D eigenvalue weighted by Gasteiger charge is -2.21. The van der Waals surface area contributed by atoms with E-state index in [1.807, 2.05) is 13.2 Å². The van der Waals surface area contributed by atoms with Gasteiger partial charge in [-0.2, -0.15) is 11.8 Å². The minimum atomic E-state index is 0.105. The number of aliphatic hydroxyl groups is 1. The van der Waals surface area contributed by atoms with Crippen LogP contribution >= 0.6 is 11.8 Å². The molecule has 0 fully saturated rings. The Labute approximate surface area is 99.6 Å². The molecule has 0 saturated heterocycles. The largest absolute Gasteiger partial charge is 0.494 e. The van der Waals surface area contributed by atoms with Crippen LogP contribution in [0.25, 0.3) is 0 Å². The Bertz CT molecular complexity index is 303. The molecule has 16 heavy (non-hydrogen) atoms. The van der Waals surface area contributed by atoms with Gasteiger partial charge in [-0.05, 0) is 13.2 Å². The van der Waals surface area contributed by atoms with E-state index in [1.165, 1.54) is 0 Å². The molecule has 0 aliphatic carbocycles. The molecule has 90 valence electrons. The number of aliphatic hydroxyl groups excluding tert-OH is 1. The standard InChI is InChI=1S/C10H17N3O2S/c1-7(9(6-14)16-3)13-10-11-4-8(15-2)5-12-10/h4-5,7,9,14H,6H2,1-3H3,(H,11,12,13). The molecule has 1 aromatic heterocycles. The van der Waals surface area contributed by atoms with Gasteiger partial charge in [-0.25, -0.2) is 9.97 Å². The van der Waals surface area contributed by atoms with Gasteiger partial charge in [0.05, 0.1) is 26.1 Å². The average molecular weight is 243 g/mol. The van der Waals surface area contributed by atoms with Gasteiger partial charge < -0.3 is 15.2 Å². The van der Waals surface area contributed by atoms with Crippen molar-refractivity contribution in [3.8, 4) is 5.75 Å². The molecule has 1 rings (SSSR count). The van der Waals surface area contributed by atoms with Gasteiger partial charge in [0.1, 0.15) is 0 Å². The van der Waals surface area contributed by atoms with E-state index in [-0.39, 0.29) is 17.9 Å². The highest BCUT2D eigenvalue weighted by atomic mass is 32.2. The number of hydrogen-bond acceptors (Lipinski definition) is 6. The van der Waals surface area contributed by atoms with E-state index in [2.05, 4.69) is 15.3 Å². The first-order valence-electron chi connectivity index (χ1n) is 4.97. The minimum Gasteiger partial charge on any atom is -0.494 e. The third-order valence-electron chi connectivity index (χ3n) is 2.26. The van der Waals surface area contributed by atoms with Crippen molar-refractivity contribution in [3.63, 3.8) is 0 Å². The molecule has 1 heterocycles. The van der Waals surface area contributed by atoms with Gasteiger partial charge in [0.25, 0.3) is 0 Å². The molecule has 2 atom stereocenters. The van der Waals surface area contributed by atoms with Crippen molar-refractivity contribution in [3.05, 3.63) is 12.4 Å². The average Bonchev–Trinajstić information content (AvgIpc) is 2.31. The predicted octanol–water partition coefficient (Wildman–Crippen LogP) is 1.01. The quantitative estimate of drug-likeness (QED) is 0.777. The van der Waals surface area contributed by atoms with E-state index >= 15 is 0 Å². The molecule has 0 spiro atoms. The normalized spacial score (nSPS) is 14.2. The summed E-state index contributed by atoms with van der Waals surface area (Å²) < 4.78 is 4.97. The number of anilines is 1. The van der Waals surface area contributed by atoms with Crippen LogP contribution in [0.3, 0.4) is 0 Å². The zero-order valence-electron chi connectivity index (χ0n) is 9.67. The van der Waals surface area contributed by atoms with Gasteiger partial charge in [-0.3, -0.25) is 0 Å². The van der Waals surface area contributed by atoms with Crippen LogP contribution in [0.5, 0.6) is 5.75 Å². The maximum absolute atomic E-state index is 9.13. The summed E-state index contributed by atoms with van der Waals surface area (Å²) in [6.45, 7) is 2.12. The minimum absolute atomic E-state index is 0.105. The van der Waals surface area contributed by atoms with Gasteiger partial charge in [-0.15, -0.1) is 0 Å². The van der Waals surface area contributed by atoms with Crippen molar-refractivity contribution < 1.29 is 9.84 Å². The second-order valence-electron chi connectivity index (χ2n) is 3.34. The highest BCUT2D eigenvalue weighted by Gasteiger charge is 2.15. The summed E-state index contributed by atoms with van der Waals surface area (Å²) in [4.78, 5) is 8.20. The summed E-state index contributed by atoms with van der Waals surface area (Å²) in [5.74, 6) is 1.17. The highest BCUT2D eigenvalue weighted by molar-refractivity contribution is 7.99. The fourth-order valence-electron chi connectivity index (χ4n) is 1.23. The molecule has 0 radical (unpaired) electrons. The second-order valence-corrected chi connectivity index (χ2v) is 4.41. The molecule has 0 bridgehead atoms. The van der Waals surface area contributed by atoms with Gasteiger partial charge in [-0.1, -0.05) is 0 Å². The number of nitrogens with zero attached hydrogens (tertiary/aromatic N) is 2. The molecule has 0 aliphatic rings. The fraction of sp³-hybridized carbons (Fsp3) is 0.600. The first kappa shape index (κ1) is 13.1. The fourth-order valence-corrected chi connectivity index (χ4v) is 1.85. The van der Waals surface area contributed by atoms with E-state index in [4.69, 9.17) is 9.84 Å². The number of aromatic nitrogens is 2.